The number of aromatic nitrogens is 4. The van der Waals surface area contributed by atoms with Crippen LogP contribution in [0.1, 0.15) is 52.5 Å². The van der Waals surface area contributed by atoms with Crippen LogP contribution in [0.15, 0.2) is 59.2 Å². The highest BCUT2D eigenvalue weighted by atomic mass is 16.5. The number of hydrogen-bond donors (Lipinski definition) is 2. The van der Waals surface area contributed by atoms with E-state index in [-0.39, 0.29) is 13.2 Å². The van der Waals surface area contributed by atoms with Crippen LogP contribution in [0.2, 0.25) is 0 Å². The fraction of sp³-hybridized carbons (Fsp3) is 0.296. The number of benzene rings is 2. The Morgan fingerprint density at radius 3 is 2.51 bits per heavy atom. The molecule has 0 fully saturated rings. The molecule has 2 heterocycles. The largest absolute Gasteiger partial charge is 0.487 e. The van der Waals surface area contributed by atoms with Gasteiger partial charge < -0.3 is 19.4 Å². The lowest BCUT2D eigenvalue weighted by atomic mass is 10.1. The van der Waals surface area contributed by atoms with E-state index < -0.39 is 0 Å². The summed E-state index contributed by atoms with van der Waals surface area (Å²) in [6.45, 7) is 2.66. The molecule has 2 N–H and O–H groups in total. The number of aliphatic hydroxyl groups is 2. The molecule has 0 bridgehead atoms. The summed E-state index contributed by atoms with van der Waals surface area (Å²) in [6.07, 6.45) is 8.23. The number of nitrogens with zero attached hydrogens (tertiary/aromatic N) is 4. The molecule has 8 nitrogen and oxygen atoms in total. The fourth-order valence-electron chi connectivity index (χ4n) is 3.65. The second-order valence-electron chi connectivity index (χ2n) is 8.33. The van der Waals surface area contributed by atoms with Crippen LogP contribution in [0.4, 0.5) is 0 Å². The number of unbranched alkanes of at least 4 members (excludes halogenated alkanes) is 1. The Kier molecular flexibility index (Phi) is 8.43. The Morgan fingerprint density at radius 2 is 1.77 bits per heavy atom. The van der Waals surface area contributed by atoms with E-state index in [2.05, 4.69) is 58.6 Å². The molecule has 35 heavy (non-hydrogen) atoms. The average molecular weight is 475 g/mol. The minimum Gasteiger partial charge on any atom is -0.487 e. The minimum absolute atomic E-state index is 0.176. The molecule has 4 rings (SSSR count). The van der Waals surface area contributed by atoms with Crippen molar-refractivity contribution in [1.29, 1.82) is 0 Å². The molecule has 0 saturated carbocycles. The van der Waals surface area contributed by atoms with Crippen LogP contribution in [0.3, 0.4) is 0 Å². The highest BCUT2D eigenvalue weighted by molar-refractivity contribution is 5.66. The smallest absolute Gasteiger partial charge is 0.218 e. The molecule has 0 amide bonds. The first-order chi connectivity index (χ1) is 17.1. The molecule has 4 aromatic rings. The standard InChI is InChI=1S/C27H30N4O4/c1-20-5-7-22(8-6-20)11-14-27-28-23(19-35-27)18-34-24-12-9-21(10-13-24)4-2-3-15-31-26(17-33)25(16-32)29-30-31/h5-14,19,32-33H,2-4,15-18H2,1H3/b14-11+. The van der Waals surface area contributed by atoms with E-state index in [1.807, 2.05) is 24.3 Å². The zero-order chi connectivity index (χ0) is 24.5. The Hall–Kier alpha value is -3.75. The predicted molar refractivity (Wildman–Crippen MR) is 132 cm³/mol. The van der Waals surface area contributed by atoms with Crippen molar-refractivity contribution in [3.05, 3.63) is 94.5 Å². The molecule has 2 aromatic carbocycles. The molecular weight excluding hydrogens is 444 g/mol. The van der Waals surface area contributed by atoms with Gasteiger partial charge >= 0.3 is 0 Å². The molecule has 0 aliphatic heterocycles. The summed E-state index contributed by atoms with van der Waals surface area (Å²) >= 11 is 0. The van der Waals surface area contributed by atoms with E-state index in [1.165, 1.54) is 11.1 Å². The van der Waals surface area contributed by atoms with E-state index in [9.17, 15) is 10.2 Å². The number of oxazole rings is 1. The average Bonchev–Trinajstić information content (AvgIpc) is 3.52. The van der Waals surface area contributed by atoms with E-state index in [4.69, 9.17) is 9.15 Å². The lowest BCUT2D eigenvalue weighted by molar-refractivity contribution is 0.249. The lowest BCUT2D eigenvalue weighted by Crippen LogP contribution is -2.07. The number of rotatable bonds is 12. The van der Waals surface area contributed by atoms with Gasteiger partial charge in [0.2, 0.25) is 5.89 Å². The molecule has 0 unspecified atom stereocenters. The lowest BCUT2D eigenvalue weighted by Gasteiger charge is -2.07. The van der Waals surface area contributed by atoms with Crippen LogP contribution in [0.5, 0.6) is 5.75 Å². The van der Waals surface area contributed by atoms with Crippen LogP contribution in [0.25, 0.3) is 12.2 Å². The van der Waals surface area contributed by atoms with Crippen molar-refractivity contribution in [2.45, 2.75) is 52.6 Å². The Bertz CT molecular complexity index is 1230. The van der Waals surface area contributed by atoms with Crippen LogP contribution >= 0.6 is 0 Å². The van der Waals surface area contributed by atoms with Crippen molar-refractivity contribution in [2.24, 2.45) is 0 Å². The van der Waals surface area contributed by atoms with E-state index in [1.54, 1.807) is 10.9 Å². The van der Waals surface area contributed by atoms with Crippen molar-refractivity contribution >= 4 is 12.2 Å². The Balaban J connectivity index is 1.20. The second-order valence-corrected chi connectivity index (χ2v) is 8.33. The Morgan fingerprint density at radius 1 is 0.971 bits per heavy atom. The molecule has 0 saturated heterocycles. The molecule has 8 heteroatoms. The van der Waals surface area contributed by atoms with Gasteiger partial charge in [-0.3, -0.25) is 0 Å². The van der Waals surface area contributed by atoms with Gasteiger partial charge in [0.25, 0.3) is 0 Å². The van der Waals surface area contributed by atoms with Crippen LogP contribution in [0, 0.1) is 6.92 Å². The predicted octanol–water partition coefficient (Wildman–Crippen LogP) is 4.33. The van der Waals surface area contributed by atoms with Crippen molar-refractivity contribution < 1.29 is 19.4 Å². The normalized spacial score (nSPS) is 11.4. The van der Waals surface area contributed by atoms with Crippen molar-refractivity contribution in [3.63, 3.8) is 0 Å². The van der Waals surface area contributed by atoms with Gasteiger partial charge in [0.1, 0.15) is 30.0 Å². The number of aryl methyl sites for hydroxylation is 3. The van der Waals surface area contributed by atoms with Crippen molar-refractivity contribution in [2.75, 3.05) is 0 Å². The van der Waals surface area contributed by atoms with Gasteiger partial charge in [-0.05, 0) is 55.5 Å². The number of aliphatic hydroxyl groups excluding tert-OH is 2. The van der Waals surface area contributed by atoms with Gasteiger partial charge in [-0.15, -0.1) is 5.10 Å². The first-order valence-corrected chi connectivity index (χ1v) is 11.7. The van der Waals surface area contributed by atoms with Gasteiger partial charge in [0.15, 0.2) is 0 Å². The molecule has 0 radical (unpaired) electrons. The first-order valence-electron chi connectivity index (χ1n) is 11.7. The van der Waals surface area contributed by atoms with Gasteiger partial charge in [-0.1, -0.05) is 47.2 Å². The molecule has 182 valence electrons. The summed E-state index contributed by atoms with van der Waals surface area (Å²) in [4.78, 5) is 4.45. The number of hydrogen-bond acceptors (Lipinski definition) is 7. The third-order valence-electron chi connectivity index (χ3n) is 5.68. The highest BCUT2D eigenvalue weighted by Crippen LogP contribution is 2.17. The third-order valence-corrected chi connectivity index (χ3v) is 5.68. The highest BCUT2D eigenvalue weighted by Gasteiger charge is 2.10. The zero-order valence-corrected chi connectivity index (χ0v) is 19.8. The van der Waals surface area contributed by atoms with Crippen LogP contribution in [-0.2, 0) is 32.8 Å². The van der Waals surface area contributed by atoms with E-state index >= 15 is 0 Å². The first kappa shape index (κ1) is 24.4. The monoisotopic (exact) mass is 474 g/mol. The summed E-state index contributed by atoms with van der Waals surface area (Å²) in [7, 11) is 0. The summed E-state index contributed by atoms with van der Waals surface area (Å²) in [5.74, 6) is 1.32. The maximum Gasteiger partial charge on any atom is 0.218 e. The molecule has 0 aliphatic rings. The maximum atomic E-state index is 9.44. The zero-order valence-electron chi connectivity index (χ0n) is 19.8. The van der Waals surface area contributed by atoms with Gasteiger partial charge in [-0.25, -0.2) is 9.67 Å². The molecule has 0 spiro atoms. The van der Waals surface area contributed by atoms with Crippen LogP contribution in [-0.4, -0.2) is 30.2 Å². The second kappa shape index (κ2) is 12.1. The molecular formula is C27H30N4O4. The fourth-order valence-corrected chi connectivity index (χ4v) is 3.65. The summed E-state index contributed by atoms with van der Waals surface area (Å²) in [6, 6.07) is 16.3. The summed E-state index contributed by atoms with van der Waals surface area (Å²) in [5.41, 5.74) is 5.29. The maximum absolute atomic E-state index is 9.44. The SMILES string of the molecule is Cc1ccc(/C=C/c2nc(COc3ccc(CCCCn4nnc(CO)c4CO)cc3)co2)cc1. The molecule has 2 aromatic heterocycles. The topological polar surface area (TPSA) is 106 Å². The van der Waals surface area contributed by atoms with Gasteiger partial charge in [0.05, 0.1) is 18.9 Å². The van der Waals surface area contributed by atoms with Crippen molar-refractivity contribution in [1.82, 2.24) is 20.0 Å². The van der Waals surface area contributed by atoms with E-state index in [0.29, 0.717) is 30.4 Å². The van der Waals surface area contributed by atoms with Crippen LogP contribution < -0.4 is 4.74 Å². The van der Waals surface area contributed by atoms with Crippen molar-refractivity contribution in [3.8, 4) is 5.75 Å². The number of ether oxygens (including phenoxy) is 1. The van der Waals surface area contributed by atoms with E-state index in [0.717, 1.165) is 36.3 Å². The Labute approximate surface area is 204 Å². The quantitative estimate of drug-likeness (QED) is 0.294. The van der Waals surface area contributed by atoms with Gasteiger partial charge in [0, 0.05) is 12.6 Å². The molecule has 0 aliphatic carbocycles. The summed E-state index contributed by atoms with van der Waals surface area (Å²) in [5, 5.41) is 26.6. The third kappa shape index (κ3) is 6.88. The van der Waals surface area contributed by atoms with Gasteiger partial charge in [-0.2, -0.15) is 0 Å². The minimum atomic E-state index is -0.215. The molecule has 0 atom stereocenters. The summed E-state index contributed by atoms with van der Waals surface area (Å²) < 4.78 is 13.0.